The minimum atomic E-state index is -0.422. The molecule has 1 atom stereocenters. The van der Waals surface area contributed by atoms with Gasteiger partial charge in [-0.15, -0.1) is 0 Å². The zero-order valence-electron chi connectivity index (χ0n) is 14.3. The van der Waals surface area contributed by atoms with E-state index in [1.54, 1.807) is 23.1 Å². The van der Waals surface area contributed by atoms with Gasteiger partial charge in [-0.1, -0.05) is 36.0 Å². The summed E-state index contributed by atoms with van der Waals surface area (Å²) >= 11 is 11.9. The Bertz CT molecular complexity index is 590. The molecule has 25 heavy (non-hydrogen) atoms. The van der Waals surface area contributed by atoms with E-state index in [9.17, 15) is 9.59 Å². The molecular formula is C18H25Cl2N3O2. The highest BCUT2D eigenvalue weighted by molar-refractivity contribution is 6.35. The van der Waals surface area contributed by atoms with Crippen molar-refractivity contribution in [1.29, 1.82) is 0 Å². The monoisotopic (exact) mass is 385 g/mol. The van der Waals surface area contributed by atoms with Crippen molar-refractivity contribution in [1.82, 2.24) is 4.90 Å². The number of likely N-dealkylation sites (tertiary alicyclic amines) is 1. The van der Waals surface area contributed by atoms with Crippen molar-refractivity contribution < 1.29 is 9.59 Å². The molecule has 1 aliphatic heterocycles. The summed E-state index contributed by atoms with van der Waals surface area (Å²) in [5.74, 6) is -0.137. The molecule has 1 unspecified atom stereocenters. The Hall–Kier alpha value is -1.30. The van der Waals surface area contributed by atoms with E-state index >= 15 is 0 Å². The molecule has 1 saturated heterocycles. The lowest BCUT2D eigenvalue weighted by Crippen LogP contribution is -2.43. The maximum absolute atomic E-state index is 12.6. The number of halogens is 2. The van der Waals surface area contributed by atoms with E-state index in [4.69, 9.17) is 28.9 Å². The third kappa shape index (κ3) is 6.17. The molecule has 2 rings (SSSR count). The number of carbonyl (C=O) groups excluding carboxylic acids is 2. The third-order valence-corrected chi connectivity index (χ3v) is 4.79. The first-order chi connectivity index (χ1) is 12.0. The Morgan fingerprint density at radius 3 is 2.48 bits per heavy atom. The lowest BCUT2D eigenvalue weighted by molar-refractivity contribution is -0.136. The van der Waals surface area contributed by atoms with Crippen LogP contribution in [0.1, 0.15) is 44.9 Å². The summed E-state index contributed by atoms with van der Waals surface area (Å²) < 4.78 is 0. The van der Waals surface area contributed by atoms with Gasteiger partial charge in [0.2, 0.25) is 11.8 Å². The van der Waals surface area contributed by atoms with Crippen LogP contribution in [0.25, 0.3) is 0 Å². The molecule has 7 heteroatoms. The van der Waals surface area contributed by atoms with Gasteiger partial charge in [-0.2, -0.15) is 0 Å². The fourth-order valence-electron chi connectivity index (χ4n) is 3.11. The van der Waals surface area contributed by atoms with Crippen molar-refractivity contribution >= 4 is 40.7 Å². The lowest BCUT2D eigenvalue weighted by Gasteiger charge is -2.24. The largest absolute Gasteiger partial charge is 0.331 e. The van der Waals surface area contributed by atoms with Crippen molar-refractivity contribution in [2.45, 2.75) is 51.0 Å². The van der Waals surface area contributed by atoms with Crippen molar-refractivity contribution in [3.63, 3.8) is 0 Å². The second-order valence-electron chi connectivity index (χ2n) is 6.35. The summed E-state index contributed by atoms with van der Waals surface area (Å²) in [5.41, 5.74) is 6.01. The molecule has 1 fully saturated rings. The van der Waals surface area contributed by atoms with Gasteiger partial charge in [0.15, 0.2) is 0 Å². The van der Waals surface area contributed by atoms with Crippen LogP contribution < -0.4 is 11.1 Å². The van der Waals surface area contributed by atoms with E-state index in [0.717, 1.165) is 32.1 Å². The summed E-state index contributed by atoms with van der Waals surface area (Å²) in [7, 11) is 0. The predicted octanol–water partition coefficient (Wildman–Crippen LogP) is 3.83. The SMILES string of the molecule is NCCCCCCC(=O)N1CCCC1C(=O)Nc1cc(Cl)cc(Cl)c1. The van der Waals surface area contributed by atoms with E-state index in [0.29, 0.717) is 41.7 Å². The molecule has 0 aromatic heterocycles. The maximum Gasteiger partial charge on any atom is 0.247 e. The van der Waals surface area contributed by atoms with Gasteiger partial charge in [-0.25, -0.2) is 0 Å². The molecule has 0 bridgehead atoms. The van der Waals surface area contributed by atoms with Crippen molar-refractivity contribution in [3.8, 4) is 0 Å². The molecule has 0 saturated carbocycles. The highest BCUT2D eigenvalue weighted by atomic mass is 35.5. The van der Waals surface area contributed by atoms with Crippen LogP contribution in [0.3, 0.4) is 0 Å². The number of rotatable bonds is 8. The lowest BCUT2D eigenvalue weighted by atomic mass is 10.1. The minimum Gasteiger partial charge on any atom is -0.331 e. The quantitative estimate of drug-likeness (QED) is 0.667. The van der Waals surface area contributed by atoms with Crippen LogP contribution >= 0.6 is 23.2 Å². The molecule has 5 nitrogen and oxygen atoms in total. The Morgan fingerprint density at radius 2 is 1.80 bits per heavy atom. The maximum atomic E-state index is 12.6. The third-order valence-electron chi connectivity index (χ3n) is 4.35. The molecule has 0 aliphatic carbocycles. The average Bonchev–Trinajstić information content (AvgIpc) is 3.03. The zero-order chi connectivity index (χ0) is 18.2. The number of amides is 2. The van der Waals surface area contributed by atoms with E-state index < -0.39 is 6.04 Å². The minimum absolute atomic E-state index is 0.0505. The molecule has 2 amide bonds. The van der Waals surface area contributed by atoms with Gasteiger partial charge in [-0.05, 0) is 50.4 Å². The summed E-state index contributed by atoms with van der Waals surface area (Å²) in [5, 5.41) is 3.73. The summed E-state index contributed by atoms with van der Waals surface area (Å²) in [6, 6.07) is 4.47. The molecule has 1 aromatic carbocycles. The highest BCUT2D eigenvalue weighted by Crippen LogP contribution is 2.25. The Morgan fingerprint density at radius 1 is 1.12 bits per heavy atom. The zero-order valence-corrected chi connectivity index (χ0v) is 15.8. The number of nitrogens with one attached hydrogen (secondary N) is 1. The van der Waals surface area contributed by atoms with Crippen molar-refractivity contribution in [2.24, 2.45) is 5.73 Å². The van der Waals surface area contributed by atoms with Gasteiger partial charge in [0.05, 0.1) is 0 Å². The van der Waals surface area contributed by atoms with Crippen molar-refractivity contribution in [3.05, 3.63) is 28.2 Å². The molecule has 3 N–H and O–H groups in total. The number of nitrogens with two attached hydrogens (primary N) is 1. The van der Waals surface area contributed by atoms with Crippen LogP contribution in [0.2, 0.25) is 10.0 Å². The number of hydrogen-bond donors (Lipinski definition) is 2. The molecule has 0 radical (unpaired) electrons. The number of anilines is 1. The summed E-state index contributed by atoms with van der Waals surface area (Å²) in [4.78, 5) is 26.7. The number of benzene rings is 1. The highest BCUT2D eigenvalue weighted by Gasteiger charge is 2.33. The number of carbonyl (C=O) groups is 2. The van der Waals surface area contributed by atoms with Crippen LogP contribution in [0.15, 0.2) is 18.2 Å². The topological polar surface area (TPSA) is 75.4 Å². The van der Waals surface area contributed by atoms with Gasteiger partial charge in [0.1, 0.15) is 6.04 Å². The molecule has 1 heterocycles. The molecule has 1 aromatic rings. The molecular weight excluding hydrogens is 361 g/mol. The second kappa shape index (κ2) is 10.00. The van der Waals surface area contributed by atoms with Crippen molar-refractivity contribution in [2.75, 3.05) is 18.4 Å². The fourth-order valence-corrected chi connectivity index (χ4v) is 3.63. The molecule has 1 aliphatic rings. The van der Waals surface area contributed by atoms with Crippen LogP contribution in [0.5, 0.6) is 0 Å². The first kappa shape index (κ1) is 20.0. The van der Waals surface area contributed by atoms with Gasteiger partial charge in [-0.3, -0.25) is 9.59 Å². The molecule has 138 valence electrons. The first-order valence-electron chi connectivity index (χ1n) is 8.78. The van der Waals surface area contributed by atoms with Gasteiger partial charge < -0.3 is 16.0 Å². The normalized spacial score (nSPS) is 16.9. The van der Waals surface area contributed by atoms with Crippen LogP contribution in [0.4, 0.5) is 5.69 Å². The summed E-state index contributed by atoms with van der Waals surface area (Å²) in [6.45, 7) is 1.33. The fraction of sp³-hybridized carbons (Fsp3) is 0.556. The Balaban J connectivity index is 1.88. The standard InChI is InChI=1S/C18H25Cl2N3O2/c19-13-10-14(20)12-15(11-13)22-18(25)16-6-5-9-23(16)17(24)7-3-1-2-4-8-21/h10-12,16H,1-9,21H2,(H,22,25). The summed E-state index contributed by atoms with van der Waals surface area (Å²) in [6.07, 6.45) is 5.88. The van der Waals surface area contributed by atoms with E-state index in [1.165, 1.54) is 0 Å². The predicted molar refractivity (Wildman–Crippen MR) is 102 cm³/mol. The van der Waals surface area contributed by atoms with E-state index in [-0.39, 0.29) is 11.8 Å². The number of hydrogen-bond acceptors (Lipinski definition) is 3. The average molecular weight is 386 g/mol. The Labute approximate surface area is 158 Å². The van der Waals surface area contributed by atoms with Crippen LogP contribution in [-0.4, -0.2) is 35.8 Å². The second-order valence-corrected chi connectivity index (χ2v) is 7.22. The number of nitrogens with zero attached hydrogens (tertiary/aromatic N) is 1. The van der Waals surface area contributed by atoms with Gasteiger partial charge >= 0.3 is 0 Å². The van der Waals surface area contributed by atoms with E-state index in [2.05, 4.69) is 5.32 Å². The van der Waals surface area contributed by atoms with Gasteiger partial charge in [0, 0.05) is 28.7 Å². The van der Waals surface area contributed by atoms with E-state index in [1.807, 2.05) is 0 Å². The first-order valence-corrected chi connectivity index (χ1v) is 9.53. The number of unbranched alkanes of at least 4 members (excludes halogenated alkanes) is 3. The molecule has 0 spiro atoms. The van der Waals surface area contributed by atoms with Gasteiger partial charge in [0.25, 0.3) is 0 Å². The smallest absolute Gasteiger partial charge is 0.247 e. The Kier molecular flexibility index (Phi) is 8.00. The van der Waals surface area contributed by atoms with Crippen LogP contribution in [0, 0.1) is 0 Å². The van der Waals surface area contributed by atoms with Crippen LogP contribution in [-0.2, 0) is 9.59 Å².